The Kier molecular flexibility index (Phi) is 6.09. The Morgan fingerprint density at radius 1 is 0.491 bits per heavy atom. The molecule has 0 saturated heterocycles. The summed E-state index contributed by atoms with van der Waals surface area (Å²) in [5, 5.41) is 8.00. The summed E-state index contributed by atoms with van der Waals surface area (Å²) in [5.41, 5.74) is 14.3. The average Bonchev–Trinajstić information content (AvgIpc) is 3.86. The van der Waals surface area contributed by atoms with Crippen LogP contribution in [0.5, 0.6) is 0 Å². The number of nitrogens with zero attached hydrogens (tertiary/aromatic N) is 3. The second kappa shape index (κ2) is 11.0. The molecule has 0 spiro atoms. The van der Waals surface area contributed by atoms with Crippen molar-refractivity contribution in [2.75, 3.05) is 0 Å². The van der Waals surface area contributed by atoms with Crippen LogP contribution in [0.2, 0.25) is 0 Å². The highest BCUT2D eigenvalue weighted by atomic mass is 16.3. The smallest absolute Gasteiger partial charge is 0.235 e. The Bertz CT molecular complexity index is 3420. The zero-order valence-corrected chi connectivity index (χ0v) is 30.3. The monoisotopic (exact) mass is 703 g/mol. The molecule has 0 N–H and O–H groups in total. The van der Waals surface area contributed by atoms with E-state index >= 15 is 0 Å². The summed E-state index contributed by atoms with van der Waals surface area (Å²) in [6.07, 6.45) is 0. The van der Waals surface area contributed by atoms with Gasteiger partial charge in [0.15, 0.2) is 0 Å². The van der Waals surface area contributed by atoms with E-state index in [1.165, 1.54) is 38.4 Å². The molecule has 258 valence electrons. The minimum atomic E-state index is -0.115. The predicted octanol–water partition coefficient (Wildman–Crippen LogP) is 13.4. The van der Waals surface area contributed by atoms with Gasteiger partial charge in [-0.2, -0.15) is 0 Å². The topological polar surface area (TPSA) is 43.9 Å². The van der Waals surface area contributed by atoms with Gasteiger partial charge in [0.05, 0.1) is 22.2 Å². The van der Waals surface area contributed by atoms with Crippen molar-refractivity contribution in [2.45, 2.75) is 19.3 Å². The number of benzene rings is 8. The Hall–Kier alpha value is -7.04. The molecule has 0 fully saturated rings. The molecule has 3 heterocycles. The zero-order valence-electron chi connectivity index (χ0n) is 30.3. The zero-order chi connectivity index (χ0) is 36.4. The van der Waals surface area contributed by atoms with Crippen LogP contribution in [-0.4, -0.2) is 14.5 Å². The summed E-state index contributed by atoms with van der Waals surface area (Å²) in [5.74, 6) is 0.658. The second-order valence-corrected chi connectivity index (χ2v) is 15.3. The summed E-state index contributed by atoms with van der Waals surface area (Å²) >= 11 is 0. The molecule has 0 unspecified atom stereocenters. The van der Waals surface area contributed by atoms with Crippen LogP contribution in [0.3, 0.4) is 0 Å². The fraction of sp³-hybridized carbons (Fsp3) is 0.0588. The van der Waals surface area contributed by atoms with Crippen LogP contribution in [-0.2, 0) is 5.41 Å². The van der Waals surface area contributed by atoms with Crippen molar-refractivity contribution in [1.29, 1.82) is 0 Å². The van der Waals surface area contributed by atoms with Gasteiger partial charge in [-0.15, -0.1) is 0 Å². The van der Waals surface area contributed by atoms with E-state index in [1.807, 2.05) is 12.1 Å². The van der Waals surface area contributed by atoms with E-state index in [9.17, 15) is 0 Å². The third-order valence-corrected chi connectivity index (χ3v) is 12.0. The highest BCUT2D eigenvalue weighted by Crippen LogP contribution is 2.50. The van der Waals surface area contributed by atoms with Gasteiger partial charge in [-0.1, -0.05) is 141 Å². The van der Waals surface area contributed by atoms with Gasteiger partial charge in [-0.25, -0.2) is 9.97 Å². The minimum absolute atomic E-state index is 0.115. The van der Waals surface area contributed by atoms with Gasteiger partial charge in [-0.3, -0.25) is 4.57 Å². The van der Waals surface area contributed by atoms with Crippen LogP contribution in [0.15, 0.2) is 168 Å². The summed E-state index contributed by atoms with van der Waals surface area (Å²) < 4.78 is 8.73. The molecule has 11 aromatic rings. The first kappa shape index (κ1) is 30.4. The summed E-state index contributed by atoms with van der Waals surface area (Å²) in [4.78, 5) is 10.8. The maximum absolute atomic E-state index is 6.48. The molecule has 12 rings (SSSR count). The third-order valence-electron chi connectivity index (χ3n) is 12.0. The third kappa shape index (κ3) is 4.22. The lowest BCUT2D eigenvalue weighted by Gasteiger charge is -2.22. The van der Waals surface area contributed by atoms with E-state index in [0.717, 1.165) is 71.6 Å². The molecule has 1 aliphatic carbocycles. The fourth-order valence-electron chi connectivity index (χ4n) is 9.38. The SMILES string of the molecule is CC1(C)c2ccccc2-c2ccc(-c3nc(-n4c5ccccc5c5c6cc(-c7cccc8c7oc7ccccc78)ccc6ccc54)nc4ccccc34)cc21. The molecule has 0 aliphatic heterocycles. The van der Waals surface area contributed by atoms with E-state index in [4.69, 9.17) is 14.4 Å². The van der Waals surface area contributed by atoms with Crippen molar-refractivity contribution in [3.63, 3.8) is 0 Å². The highest BCUT2D eigenvalue weighted by molar-refractivity contribution is 6.22. The van der Waals surface area contributed by atoms with Crippen LogP contribution in [0.1, 0.15) is 25.0 Å². The number of hydrogen-bond acceptors (Lipinski definition) is 3. The molecular weight excluding hydrogens is 671 g/mol. The van der Waals surface area contributed by atoms with E-state index < -0.39 is 0 Å². The van der Waals surface area contributed by atoms with E-state index in [2.05, 4.69) is 170 Å². The van der Waals surface area contributed by atoms with E-state index in [-0.39, 0.29) is 5.41 Å². The highest BCUT2D eigenvalue weighted by Gasteiger charge is 2.35. The van der Waals surface area contributed by atoms with Gasteiger partial charge in [0.25, 0.3) is 0 Å². The Morgan fingerprint density at radius 3 is 2.13 bits per heavy atom. The molecule has 3 aromatic heterocycles. The van der Waals surface area contributed by atoms with Gasteiger partial charge in [0.2, 0.25) is 5.95 Å². The molecule has 55 heavy (non-hydrogen) atoms. The van der Waals surface area contributed by atoms with Crippen LogP contribution >= 0.6 is 0 Å². The number of para-hydroxylation sites is 4. The standard InChI is InChI=1S/C51H33N3O/c1-51(2)41-18-7-3-12-34(41)35-26-24-32(29-42(35)51)48-38-14-4-8-19-43(38)52-50(53-48)54-44-20-9-5-15-39(44)47-40-28-31(23-22-30(40)25-27-45(47)54)33-16-11-17-37-36-13-6-10-21-46(36)55-49(33)37/h3-29H,1-2H3. The van der Waals surface area contributed by atoms with Crippen molar-refractivity contribution in [3.8, 4) is 39.5 Å². The molecule has 0 saturated carbocycles. The van der Waals surface area contributed by atoms with Gasteiger partial charge in [-0.05, 0) is 75.0 Å². The van der Waals surface area contributed by atoms with Gasteiger partial charge in [0.1, 0.15) is 11.2 Å². The lowest BCUT2D eigenvalue weighted by atomic mass is 9.82. The maximum Gasteiger partial charge on any atom is 0.235 e. The first-order valence-electron chi connectivity index (χ1n) is 18.9. The lowest BCUT2D eigenvalue weighted by Crippen LogP contribution is -2.15. The molecule has 0 amide bonds. The molecule has 0 radical (unpaired) electrons. The molecule has 0 bridgehead atoms. The summed E-state index contributed by atoms with van der Waals surface area (Å²) in [6.45, 7) is 4.66. The van der Waals surface area contributed by atoms with Crippen LogP contribution in [0.4, 0.5) is 0 Å². The molecule has 0 atom stereocenters. The van der Waals surface area contributed by atoms with Gasteiger partial charge in [0, 0.05) is 43.5 Å². The number of fused-ring (bicyclic) bond motifs is 12. The van der Waals surface area contributed by atoms with Crippen molar-refractivity contribution in [1.82, 2.24) is 14.5 Å². The first-order valence-corrected chi connectivity index (χ1v) is 18.9. The molecule has 8 aromatic carbocycles. The van der Waals surface area contributed by atoms with Crippen molar-refractivity contribution < 1.29 is 4.42 Å². The van der Waals surface area contributed by atoms with E-state index in [1.54, 1.807) is 0 Å². The normalized spacial score (nSPS) is 13.4. The molecule has 1 aliphatic rings. The van der Waals surface area contributed by atoms with Gasteiger partial charge >= 0.3 is 0 Å². The number of aromatic nitrogens is 3. The van der Waals surface area contributed by atoms with Gasteiger partial charge < -0.3 is 4.42 Å². The van der Waals surface area contributed by atoms with Crippen molar-refractivity contribution in [2.24, 2.45) is 0 Å². The van der Waals surface area contributed by atoms with Crippen molar-refractivity contribution in [3.05, 3.63) is 175 Å². The Morgan fingerprint density at radius 2 is 1.20 bits per heavy atom. The maximum atomic E-state index is 6.48. The van der Waals surface area contributed by atoms with Crippen molar-refractivity contribution >= 4 is 65.4 Å². The number of hydrogen-bond donors (Lipinski definition) is 0. The number of rotatable bonds is 3. The Balaban J connectivity index is 1.09. The predicted molar refractivity (Wildman–Crippen MR) is 227 cm³/mol. The summed E-state index contributed by atoms with van der Waals surface area (Å²) in [7, 11) is 0. The first-order chi connectivity index (χ1) is 27.0. The lowest BCUT2D eigenvalue weighted by molar-refractivity contribution is 0.660. The molecule has 4 nitrogen and oxygen atoms in total. The fourth-order valence-corrected chi connectivity index (χ4v) is 9.38. The molecular formula is C51H33N3O. The molecule has 4 heteroatoms. The Labute approximate surface area is 316 Å². The largest absolute Gasteiger partial charge is 0.455 e. The van der Waals surface area contributed by atoms with E-state index in [0.29, 0.717) is 5.95 Å². The van der Waals surface area contributed by atoms with Crippen LogP contribution in [0.25, 0.3) is 105 Å². The van der Waals surface area contributed by atoms with Crippen LogP contribution < -0.4 is 0 Å². The summed E-state index contributed by atoms with van der Waals surface area (Å²) in [6, 6.07) is 58.7. The minimum Gasteiger partial charge on any atom is -0.455 e. The van der Waals surface area contributed by atoms with Crippen LogP contribution in [0, 0.1) is 0 Å². The second-order valence-electron chi connectivity index (χ2n) is 15.3. The number of furan rings is 1. The quantitative estimate of drug-likeness (QED) is 0.184. The average molecular weight is 704 g/mol.